The first kappa shape index (κ1) is 16.7. The Hall–Kier alpha value is -1.30. The first-order valence-corrected chi connectivity index (χ1v) is 6.14. The van der Waals surface area contributed by atoms with Crippen LogP contribution < -0.4 is 5.32 Å². The molecule has 0 bridgehead atoms. The normalized spacial score (nSPS) is 12.9. The molecule has 6 nitrogen and oxygen atoms in total. The van der Waals surface area contributed by atoms with Crippen LogP contribution in [0, 0.1) is 0 Å². The fourth-order valence-electron chi connectivity index (χ4n) is 1.29. The van der Waals surface area contributed by atoms with E-state index in [0.29, 0.717) is 6.42 Å². The third-order valence-corrected chi connectivity index (χ3v) is 3.04. The van der Waals surface area contributed by atoms with Gasteiger partial charge in [0.25, 0.3) is 0 Å². The molecule has 0 saturated heterocycles. The SMILES string of the molecule is CCCC[C@H](NC(=O)N(C)C(C)(C)CO)C(=O)O. The van der Waals surface area contributed by atoms with Crippen LogP contribution in [0.25, 0.3) is 0 Å². The number of urea groups is 1. The summed E-state index contributed by atoms with van der Waals surface area (Å²) in [6.07, 6.45) is 2.02. The van der Waals surface area contributed by atoms with Crippen molar-refractivity contribution in [2.24, 2.45) is 0 Å². The Balaban J connectivity index is 4.55. The highest BCUT2D eigenvalue weighted by molar-refractivity contribution is 5.82. The van der Waals surface area contributed by atoms with Gasteiger partial charge in [-0.25, -0.2) is 9.59 Å². The average Bonchev–Trinajstić information content (AvgIpc) is 2.32. The Labute approximate surface area is 108 Å². The minimum Gasteiger partial charge on any atom is -0.480 e. The number of aliphatic carboxylic acids is 1. The highest BCUT2D eigenvalue weighted by Crippen LogP contribution is 2.11. The van der Waals surface area contributed by atoms with Crippen molar-refractivity contribution < 1.29 is 19.8 Å². The van der Waals surface area contributed by atoms with Gasteiger partial charge >= 0.3 is 12.0 Å². The lowest BCUT2D eigenvalue weighted by molar-refractivity contribution is -0.139. The number of nitrogens with zero attached hydrogens (tertiary/aromatic N) is 1. The number of carbonyl (C=O) groups excluding carboxylic acids is 1. The largest absolute Gasteiger partial charge is 0.480 e. The van der Waals surface area contributed by atoms with Gasteiger partial charge in [-0.1, -0.05) is 19.8 Å². The summed E-state index contributed by atoms with van der Waals surface area (Å²) >= 11 is 0. The summed E-state index contributed by atoms with van der Waals surface area (Å²) in [5.41, 5.74) is -0.724. The van der Waals surface area contributed by atoms with Gasteiger partial charge in [0.15, 0.2) is 0 Å². The number of carboxylic acids is 1. The second kappa shape index (κ2) is 7.20. The maximum absolute atomic E-state index is 11.9. The summed E-state index contributed by atoms with van der Waals surface area (Å²) in [5.74, 6) is -1.04. The highest BCUT2D eigenvalue weighted by atomic mass is 16.4. The topological polar surface area (TPSA) is 89.9 Å². The highest BCUT2D eigenvalue weighted by Gasteiger charge is 2.29. The number of carboxylic acid groups (broad SMARTS) is 1. The van der Waals surface area contributed by atoms with Gasteiger partial charge in [0.05, 0.1) is 12.1 Å². The predicted octanol–water partition coefficient (Wildman–Crippen LogP) is 1.04. The molecule has 0 radical (unpaired) electrons. The Morgan fingerprint density at radius 1 is 1.39 bits per heavy atom. The molecule has 6 heteroatoms. The lowest BCUT2D eigenvalue weighted by atomic mass is 10.1. The minimum absolute atomic E-state index is 0.191. The summed E-state index contributed by atoms with van der Waals surface area (Å²) in [6, 6.07) is -1.37. The molecule has 0 rings (SSSR count). The molecule has 2 amide bonds. The third kappa shape index (κ3) is 4.91. The van der Waals surface area contributed by atoms with Crippen LogP contribution in [-0.2, 0) is 4.79 Å². The molecule has 0 aliphatic carbocycles. The molecule has 106 valence electrons. The summed E-state index contributed by atoms with van der Waals surface area (Å²) in [7, 11) is 1.53. The van der Waals surface area contributed by atoms with Crippen LogP contribution in [0.2, 0.25) is 0 Å². The van der Waals surface area contributed by atoms with Crippen molar-refractivity contribution in [1.82, 2.24) is 10.2 Å². The van der Waals surface area contributed by atoms with Crippen molar-refractivity contribution in [3.05, 3.63) is 0 Å². The van der Waals surface area contributed by atoms with Gasteiger partial charge < -0.3 is 20.4 Å². The fourth-order valence-corrected chi connectivity index (χ4v) is 1.29. The molecular formula is C12H24N2O4. The molecule has 0 aliphatic heterocycles. The number of nitrogens with one attached hydrogen (secondary N) is 1. The van der Waals surface area contributed by atoms with E-state index in [2.05, 4.69) is 5.32 Å². The van der Waals surface area contributed by atoms with Crippen LogP contribution in [0.3, 0.4) is 0 Å². The van der Waals surface area contributed by atoms with Gasteiger partial charge in [-0.05, 0) is 20.3 Å². The monoisotopic (exact) mass is 260 g/mol. The van der Waals surface area contributed by atoms with E-state index in [1.165, 1.54) is 11.9 Å². The number of hydrogen-bond donors (Lipinski definition) is 3. The number of aliphatic hydroxyl groups excluding tert-OH is 1. The summed E-state index contributed by atoms with van der Waals surface area (Å²) in [5, 5.41) is 20.6. The van der Waals surface area contributed by atoms with E-state index in [4.69, 9.17) is 10.2 Å². The van der Waals surface area contributed by atoms with Crippen molar-refractivity contribution in [3.63, 3.8) is 0 Å². The Morgan fingerprint density at radius 2 is 1.94 bits per heavy atom. The van der Waals surface area contributed by atoms with Gasteiger partial charge in [0.2, 0.25) is 0 Å². The molecule has 0 aliphatic rings. The molecule has 0 saturated carbocycles. The quantitative estimate of drug-likeness (QED) is 0.638. The van der Waals surface area contributed by atoms with Gasteiger partial charge in [-0.2, -0.15) is 0 Å². The summed E-state index contributed by atoms with van der Waals surface area (Å²) < 4.78 is 0. The van der Waals surface area contributed by atoms with E-state index in [9.17, 15) is 9.59 Å². The number of likely N-dealkylation sites (N-methyl/N-ethyl adjacent to an activating group) is 1. The number of aliphatic hydroxyl groups is 1. The zero-order chi connectivity index (χ0) is 14.3. The van der Waals surface area contributed by atoms with Crippen LogP contribution in [0.1, 0.15) is 40.0 Å². The number of hydrogen-bond acceptors (Lipinski definition) is 3. The van der Waals surface area contributed by atoms with Crippen LogP contribution in [0.5, 0.6) is 0 Å². The molecule has 0 heterocycles. The first-order chi connectivity index (χ1) is 8.26. The maximum atomic E-state index is 11.9. The smallest absolute Gasteiger partial charge is 0.326 e. The van der Waals surface area contributed by atoms with Crippen molar-refractivity contribution in [2.75, 3.05) is 13.7 Å². The second-order valence-electron chi connectivity index (χ2n) is 5.01. The van der Waals surface area contributed by atoms with Crippen LogP contribution in [0.15, 0.2) is 0 Å². The summed E-state index contributed by atoms with van der Waals surface area (Å²) in [4.78, 5) is 24.2. The Morgan fingerprint density at radius 3 is 2.33 bits per heavy atom. The van der Waals surface area contributed by atoms with Gasteiger partial charge in [-0.15, -0.1) is 0 Å². The standard InChI is InChI=1S/C12H24N2O4/c1-5-6-7-9(10(16)17)13-11(18)14(4)12(2,3)8-15/h9,15H,5-8H2,1-4H3,(H,13,18)(H,16,17)/t9-/m0/s1. The molecule has 3 N–H and O–H groups in total. The molecule has 0 unspecified atom stereocenters. The number of unbranched alkanes of at least 4 members (excludes halogenated alkanes) is 1. The average molecular weight is 260 g/mol. The number of amides is 2. The van der Waals surface area contributed by atoms with Gasteiger partial charge in [0, 0.05) is 7.05 Å². The van der Waals surface area contributed by atoms with Crippen molar-refractivity contribution in [2.45, 2.75) is 51.6 Å². The van der Waals surface area contributed by atoms with Crippen LogP contribution >= 0.6 is 0 Å². The third-order valence-electron chi connectivity index (χ3n) is 3.04. The van der Waals surface area contributed by atoms with E-state index in [0.717, 1.165) is 12.8 Å². The summed E-state index contributed by atoms with van der Waals surface area (Å²) in [6.45, 7) is 5.17. The molecule has 0 fully saturated rings. The Kier molecular flexibility index (Phi) is 6.68. The number of carbonyl (C=O) groups is 2. The van der Waals surface area contributed by atoms with E-state index in [1.807, 2.05) is 6.92 Å². The van der Waals surface area contributed by atoms with Gasteiger partial charge in [0.1, 0.15) is 6.04 Å². The first-order valence-electron chi connectivity index (χ1n) is 6.14. The molecule has 0 aromatic carbocycles. The molecule has 0 spiro atoms. The van der Waals surface area contributed by atoms with Crippen LogP contribution in [0.4, 0.5) is 4.79 Å². The molecule has 1 atom stereocenters. The predicted molar refractivity (Wildman–Crippen MR) is 68.4 cm³/mol. The molecule has 0 aromatic heterocycles. The Bertz CT molecular complexity index is 292. The van der Waals surface area contributed by atoms with E-state index < -0.39 is 23.6 Å². The lowest BCUT2D eigenvalue weighted by Crippen LogP contribution is -2.54. The van der Waals surface area contributed by atoms with E-state index in [1.54, 1.807) is 13.8 Å². The van der Waals surface area contributed by atoms with Crippen molar-refractivity contribution >= 4 is 12.0 Å². The van der Waals surface area contributed by atoms with Gasteiger partial charge in [-0.3, -0.25) is 0 Å². The van der Waals surface area contributed by atoms with E-state index >= 15 is 0 Å². The second-order valence-corrected chi connectivity index (χ2v) is 5.01. The molecule has 18 heavy (non-hydrogen) atoms. The fraction of sp³-hybridized carbons (Fsp3) is 0.833. The maximum Gasteiger partial charge on any atom is 0.326 e. The zero-order valence-electron chi connectivity index (χ0n) is 11.6. The van der Waals surface area contributed by atoms with Crippen molar-refractivity contribution in [3.8, 4) is 0 Å². The molecule has 0 aromatic rings. The van der Waals surface area contributed by atoms with Crippen LogP contribution in [-0.4, -0.2) is 52.3 Å². The minimum atomic E-state index is -1.04. The number of rotatable bonds is 7. The van der Waals surface area contributed by atoms with Crippen molar-refractivity contribution in [1.29, 1.82) is 0 Å². The zero-order valence-corrected chi connectivity index (χ0v) is 11.6. The lowest BCUT2D eigenvalue weighted by Gasteiger charge is -2.34. The molecular weight excluding hydrogens is 236 g/mol. The van der Waals surface area contributed by atoms with E-state index in [-0.39, 0.29) is 6.61 Å².